The lowest BCUT2D eigenvalue weighted by Gasteiger charge is -2.31. The number of aliphatic carboxylic acids is 1. The minimum atomic E-state index is -1.68. The number of rotatable bonds is 5. The van der Waals surface area contributed by atoms with E-state index in [-0.39, 0.29) is 0 Å². The molecule has 0 spiro atoms. The number of methoxy groups -OCH3 is 1. The number of para-hydroxylation sites is 1. The van der Waals surface area contributed by atoms with Gasteiger partial charge in [0, 0.05) is 21.8 Å². The van der Waals surface area contributed by atoms with Gasteiger partial charge in [-0.3, -0.25) is 4.79 Å². The Labute approximate surface area is 149 Å². The summed E-state index contributed by atoms with van der Waals surface area (Å²) in [6.45, 7) is 1.37. The second kappa shape index (κ2) is 6.38. The van der Waals surface area contributed by atoms with Crippen molar-refractivity contribution in [3.05, 3.63) is 58.6 Å². The number of anilines is 1. The van der Waals surface area contributed by atoms with Gasteiger partial charge in [0.2, 0.25) is 5.60 Å². The summed E-state index contributed by atoms with van der Waals surface area (Å²) in [5.74, 6) is -1.28. The van der Waals surface area contributed by atoms with Crippen molar-refractivity contribution >= 4 is 29.2 Å². The molecule has 0 aliphatic carbocycles. The molecule has 25 heavy (non-hydrogen) atoms. The minimum Gasteiger partial charge on any atom is -0.496 e. The zero-order chi connectivity index (χ0) is 18.2. The minimum absolute atomic E-state index is 0.404. The van der Waals surface area contributed by atoms with Gasteiger partial charge in [0.05, 0.1) is 7.11 Å². The van der Waals surface area contributed by atoms with Crippen molar-refractivity contribution in [2.75, 3.05) is 12.4 Å². The molecule has 0 fully saturated rings. The molecule has 0 saturated heterocycles. The largest absolute Gasteiger partial charge is 0.496 e. The van der Waals surface area contributed by atoms with Gasteiger partial charge in [-0.25, -0.2) is 4.79 Å². The molecule has 2 atom stereocenters. The molecule has 1 heterocycles. The number of halogens is 1. The molecule has 3 rings (SSSR count). The highest BCUT2D eigenvalue weighted by atomic mass is 35.5. The van der Waals surface area contributed by atoms with Crippen LogP contribution >= 0.6 is 11.6 Å². The van der Waals surface area contributed by atoms with Crippen LogP contribution in [0.5, 0.6) is 5.75 Å². The number of carbonyl (C=O) groups excluding carboxylic acids is 1. The van der Waals surface area contributed by atoms with Crippen LogP contribution in [-0.2, 0) is 19.9 Å². The number of amides is 1. The summed E-state index contributed by atoms with van der Waals surface area (Å²) in [5.41, 5.74) is -0.311. The monoisotopic (exact) mass is 361 g/mol. The van der Waals surface area contributed by atoms with Crippen LogP contribution in [0.25, 0.3) is 0 Å². The number of hydrogen-bond acceptors (Lipinski definition) is 4. The van der Waals surface area contributed by atoms with E-state index in [0.29, 0.717) is 27.6 Å². The first-order valence-corrected chi connectivity index (χ1v) is 7.93. The predicted molar refractivity (Wildman–Crippen MR) is 92.0 cm³/mol. The van der Waals surface area contributed by atoms with Crippen LogP contribution in [0.3, 0.4) is 0 Å². The Kier molecular flexibility index (Phi) is 4.41. The first kappa shape index (κ1) is 17.3. The summed E-state index contributed by atoms with van der Waals surface area (Å²) < 4.78 is 11.2. The lowest BCUT2D eigenvalue weighted by atomic mass is 9.86. The fourth-order valence-electron chi connectivity index (χ4n) is 2.95. The molecule has 0 bridgehead atoms. The topological polar surface area (TPSA) is 84.9 Å². The third-order valence-electron chi connectivity index (χ3n) is 4.12. The Balaban J connectivity index is 2.30. The molecule has 0 radical (unpaired) electrons. The van der Waals surface area contributed by atoms with Crippen LogP contribution in [0, 0.1) is 0 Å². The normalized spacial score (nSPS) is 19.9. The number of carbonyl (C=O) groups is 2. The van der Waals surface area contributed by atoms with Gasteiger partial charge in [0.15, 0.2) is 6.10 Å². The maximum absolute atomic E-state index is 13.0. The van der Waals surface area contributed by atoms with Crippen LogP contribution < -0.4 is 10.1 Å². The standard InChI is InChI=1S/C18H16ClNO5/c1-10(16(21)22)25-18(12-5-3-4-6-15(12)24-2)13-9-11(19)7-8-14(13)20-17(18)23/h3-10H,1-2H3,(H,20,23)(H,21,22). The molecule has 0 aromatic heterocycles. The summed E-state index contributed by atoms with van der Waals surface area (Å²) in [7, 11) is 1.47. The highest BCUT2D eigenvalue weighted by Gasteiger charge is 2.53. The molecule has 2 N–H and O–H groups in total. The van der Waals surface area contributed by atoms with Crippen LogP contribution in [0.1, 0.15) is 18.1 Å². The van der Waals surface area contributed by atoms with Gasteiger partial charge in [0.25, 0.3) is 5.91 Å². The van der Waals surface area contributed by atoms with Gasteiger partial charge in [-0.15, -0.1) is 0 Å². The molecule has 7 heteroatoms. The number of carboxylic acid groups (broad SMARTS) is 1. The third kappa shape index (κ3) is 2.73. The summed E-state index contributed by atoms with van der Waals surface area (Å²) in [5, 5.41) is 12.4. The van der Waals surface area contributed by atoms with Gasteiger partial charge < -0.3 is 19.9 Å². The lowest BCUT2D eigenvalue weighted by Crippen LogP contribution is -2.43. The number of fused-ring (bicyclic) bond motifs is 1. The van der Waals surface area contributed by atoms with E-state index < -0.39 is 23.6 Å². The van der Waals surface area contributed by atoms with E-state index >= 15 is 0 Å². The van der Waals surface area contributed by atoms with Crippen molar-refractivity contribution in [1.82, 2.24) is 0 Å². The van der Waals surface area contributed by atoms with Crippen LogP contribution in [0.2, 0.25) is 5.02 Å². The molecular formula is C18H16ClNO5. The average molecular weight is 362 g/mol. The number of hydrogen-bond donors (Lipinski definition) is 2. The predicted octanol–water partition coefficient (Wildman–Crippen LogP) is 3.03. The summed E-state index contributed by atoms with van der Waals surface area (Å²) in [4.78, 5) is 24.4. The van der Waals surface area contributed by atoms with E-state index in [4.69, 9.17) is 21.1 Å². The molecule has 1 amide bonds. The Morgan fingerprint density at radius 1 is 1.24 bits per heavy atom. The number of benzene rings is 2. The van der Waals surface area contributed by atoms with Crippen LogP contribution in [0.15, 0.2) is 42.5 Å². The maximum Gasteiger partial charge on any atom is 0.332 e. The molecule has 6 nitrogen and oxygen atoms in total. The van der Waals surface area contributed by atoms with Gasteiger partial charge in [-0.1, -0.05) is 29.8 Å². The van der Waals surface area contributed by atoms with E-state index in [9.17, 15) is 14.7 Å². The zero-order valence-corrected chi connectivity index (χ0v) is 14.3. The first-order valence-electron chi connectivity index (χ1n) is 7.55. The van der Waals surface area contributed by atoms with Crippen molar-refractivity contribution < 1.29 is 24.2 Å². The SMILES string of the molecule is COc1ccccc1C1(OC(C)C(=O)O)C(=O)Nc2ccc(Cl)cc21. The molecule has 1 aliphatic rings. The summed E-state index contributed by atoms with van der Waals surface area (Å²) in [6, 6.07) is 11.7. The second-order valence-corrected chi connectivity index (χ2v) is 6.06. The molecular weight excluding hydrogens is 346 g/mol. The maximum atomic E-state index is 13.0. The van der Waals surface area contributed by atoms with Crippen molar-refractivity contribution in [3.8, 4) is 5.75 Å². The van der Waals surface area contributed by atoms with Gasteiger partial charge in [-0.2, -0.15) is 0 Å². The highest BCUT2D eigenvalue weighted by molar-refractivity contribution is 6.31. The van der Waals surface area contributed by atoms with Crippen LogP contribution in [-0.4, -0.2) is 30.2 Å². The van der Waals surface area contributed by atoms with E-state index in [1.165, 1.54) is 14.0 Å². The molecule has 2 unspecified atom stereocenters. The Bertz CT molecular complexity index is 853. The van der Waals surface area contributed by atoms with Gasteiger partial charge >= 0.3 is 5.97 Å². The first-order chi connectivity index (χ1) is 11.9. The lowest BCUT2D eigenvalue weighted by molar-refractivity contribution is -0.163. The Hall–Kier alpha value is -2.57. The zero-order valence-electron chi connectivity index (χ0n) is 13.6. The Morgan fingerprint density at radius 3 is 2.64 bits per heavy atom. The number of nitrogens with one attached hydrogen (secondary N) is 1. The van der Waals surface area contributed by atoms with Crippen molar-refractivity contribution in [2.24, 2.45) is 0 Å². The van der Waals surface area contributed by atoms with Gasteiger partial charge in [-0.05, 0) is 31.2 Å². The third-order valence-corrected chi connectivity index (χ3v) is 4.35. The fourth-order valence-corrected chi connectivity index (χ4v) is 3.12. The quantitative estimate of drug-likeness (QED) is 0.855. The van der Waals surface area contributed by atoms with Crippen LogP contribution in [0.4, 0.5) is 5.69 Å². The Morgan fingerprint density at radius 2 is 1.96 bits per heavy atom. The average Bonchev–Trinajstić information content (AvgIpc) is 2.87. The van der Waals surface area contributed by atoms with Crippen molar-refractivity contribution in [1.29, 1.82) is 0 Å². The number of ether oxygens (including phenoxy) is 2. The molecule has 1 aliphatic heterocycles. The molecule has 130 valence electrons. The van der Waals surface area contributed by atoms with E-state index in [2.05, 4.69) is 5.32 Å². The van der Waals surface area contributed by atoms with Gasteiger partial charge in [0.1, 0.15) is 5.75 Å². The molecule has 2 aromatic rings. The van der Waals surface area contributed by atoms with Crippen molar-refractivity contribution in [3.63, 3.8) is 0 Å². The number of carboxylic acids is 1. The van der Waals surface area contributed by atoms with E-state index in [1.54, 1.807) is 42.5 Å². The summed E-state index contributed by atoms with van der Waals surface area (Å²) >= 11 is 6.12. The van der Waals surface area contributed by atoms with E-state index in [1.807, 2.05) is 0 Å². The molecule has 2 aromatic carbocycles. The smallest absolute Gasteiger partial charge is 0.332 e. The molecule has 0 saturated carbocycles. The summed E-state index contributed by atoms with van der Waals surface area (Å²) in [6.07, 6.45) is -1.24. The fraction of sp³-hybridized carbons (Fsp3) is 0.222. The van der Waals surface area contributed by atoms with Crippen molar-refractivity contribution in [2.45, 2.75) is 18.6 Å². The highest BCUT2D eigenvalue weighted by Crippen LogP contribution is 2.48. The van der Waals surface area contributed by atoms with E-state index in [0.717, 1.165) is 0 Å². The second-order valence-electron chi connectivity index (χ2n) is 5.62.